The number of nitrogens with zero attached hydrogens (tertiary/aromatic N) is 4. The average molecular weight is 517 g/mol. The van der Waals surface area contributed by atoms with Crippen molar-refractivity contribution in [2.45, 2.75) is 6.42 Å². The molecule has 2 heterocycles. The summed E-state index contributed by atoms with van der Waals surface area (Å²) in [6, 6.07) is 44.1. The monoisotopic (exact) mass is 516 g/mol. The number of anilines is 2. The number of carbonyl (C=O) groups is 1. The zero-order valence-electron chi connectivity index (χ0n) is 21.6. The van der Waals surface area contributed by atoms with E-state index in [9.17, 15) is 4.79 Å². The molecule has 0 aliphatic carbocycles. The second kappa shape index (κ2) is 10.0. The molecule has 40 heavy (non-hydrogen) atoms. The fourth-order valence-electron chi connectivity index (χ4n) is 5.14. The van der Waals surface area contributed by atoms with Crippen molar-refractivity contribution >= 4 is 17.3 Å². The van der Waals surface area contributed by atoms with E-state index >= 15 is 0 Å². The molecule has 0 spiro atoms. The van der Waals surface area contributed by atoms with Crippen LogP contribution in [0.3, 0.4) is 0 Å². The lowest BCUT2D eigenvalue weighted by molar-refractivity contribution is -0.116. The Labute approximate surface area is 232 Å². The third-order valence-electron chi connectivity index (χ3n) is 7.08. The van der Waals surface area contributed by atoms with Crippen molar-refractivity contribution in [3.05, 3.63) is 139 Å². The zero-order valence-corrected chi connectivity index (χ0v) is 21.6. The Morgan fingerprint density at radius 1 is 0.475 bits per heavy atom. The van der Waals surface area contributed by atoms with Crippen LogP contribution in [0.15, 0.2) is 133 Å². The fraction of sp³-hybridized carbons (Fsp3) is 0.0286. The summed E-state index contributed by atoms with van der Waals surface area (Å²) in [4.78, 5) is 29.6. The average Bonchev–Trinajstić information content (AvgIpc) is 3.37. The lowest BCUT2D eigenvalue weighted by Gasteiger charge is -2.19. The third-order valence-corrected chi connectivity index (χ3v) is 7.08. The normalized spacial score (nSPS) is 12.4. The van der Waals surface area contributed by atoms with Gasteiger partial charge in [-0.3, -0.25) is 9.69 Å². The number of hydrogen-bond acceptors (Lipinski definition) is 4. The predicted molar refractivity (Wildman–Crippen MR) is 159 cm³/mol. The summed E-state index contributed by atoms with van der Waals surface area (Å²) in [6.07, 6.45) is 0.363. The van der Waals surface area contributed by atoms with Crippen molar-refractivity contribution < 1.29 is 4.79 Å². The van der Waals surface area contributed by atoms with Gasteiger partial charge in [-0.2, -0.15) is 0 Å². The minimum Gasteiger partial charge on any atom is -0.280 e. The van der Waals surface area contributed by atoms with E-state index in [-0.39, 0.29) is 5.91 Å². The second-order valence-electron chi connectivity index (χ2n) is 9.70. The number of aromatic nitrogens is 3. The van der Waals surface area contributed by atoms with Gasteiger partial charge in [0, 0.05) is 22.4 Å². The van der Waals surface area contributed by atoms with Gasteiger partial charge in [0.1, 0.15) is 0 Å². The number of benzene rings is 5. The summed E-state index contributed by atoms with van der Waals surface area (Å²) in [7, 11) is 0. The number of amides is 1. The minimum absolute atomic E-state index is 0.0444. The Morgan fingerprint density at radius 3 is 1.60 bits per heavy atom. The summed E-state index contributed by atoms with van der Waals surface area (Å²) < 4.78 is 0. The molecule has 0 unspecified atom stereocenters. The molecule has 0 N–H and O–H groups in total. The molecule has 5 aromatic carbocycles. The molecule has 1 aliphatic rings. The lowest BCUT2D eigenvalue weighted by atomic mass is 10.0. The Kier molecular flexibility index (Phi) is 5.94. The maximum Gasteiger partial charge on any atom is 0.236 e. The van der Waals surface area contributed by atoms with Crippen LogP contribution in [0.4, 0.5) is 11.4 Å². The Balaban J connectivity index is 1.30. The molecule has 0 atom stereocenters. The van der Waals surface area contributed by atoms with Gasteiger partial charge in [0.2, 0.25) is 5.91 Å². The topological polar surface area (TPSA) is 59.0 Å². The van der Waals surface area contributed by atoms with Crippen molar-refractivity contribution in [2.24, 2.45) is 0 Å². The molecule has 0 radical (unpaired) electrons. The van der Waals surface area contributed by atoms with E-state index in [1.807, 2.05) is 109 Å². The van der Waals surface area contributed by atoms with Gasteiger partial charge in [-0.05, 0) is 41.0 Å². The van der Waals surface area contributed by atoms with Crippen molar-refractivity contribution in [2.75, 3.05) is 4.90 Å². The maximum absolute atomic E-state index is 13.3. The molecule has 7 rings (SSSR count). The summed E-state index contributed by atoms with van der Waals surface area (Å²) in [5, 5.41) is 0. The SMILES string of the molecule is O=C1Cc2cc(-c3ccccc3)ccc2N1c1cccc(-c2nc(-c3ccccc3)nc(-c3ccccc3)n2)c1. The van der Waals surface area contributed by atoms with Crippen LogP contribution in [-0.4, -0.2) is 20.9 Å². The number of fused-ring (bicyclic) bond motifs is 1. The van der Waals surface area contributed by atoms with E-state index in [4.69, 9.17) is 15.0 Å². The van der Waals surface area contributed by atoms with Gasteiger partial charge in [0.15, 0.2) is 17.5 Å². The molecule has 0 bridgehead atoms. The Morgan fingerprint density at radius 2 is 1.00 bits per heavy atom. The molecule has 5 heteroatoms. The summed E-state index contributed by atoms with van der Waals surface area (Å²) in [5.74, 6) is 1.81. The number of hydrogen-bond donors (Lipinski definition) is 0. The van der Waals surface area contributed by atoms with E-state index in [0.29, 0.717) is 23.9 Å². The quantitative estimate of drug-likeness (QED) is 0.235. The highest BCUT2D eigenvalue weighted by molar-refractivity contribution is 6.08. The van der Waals surface area contributed by atoms with Crippen LogP contribution in [0.25, 0.3) is 45.3 Å². The van der Waals surface area contributed by atoms with Crippen LogP contribution >= 0.6 is 0 Å². The van der Waals surface area contributed by atoms with Gasteiger partial charge in [-0.15, -0.1) is 0 Å². The Hall–Kier alpha value is -5.42. The number of rotatable bonds is 5. The van der Waals surface area contributed by atoms with Crippen LogP contribution in [0.2, 0.25) is 0 Å². The van der Waals surface area contributed by atoms with Gasteiger partial charge in [-0.25, -0.2) is 15.0 Å². The van der Waals surface area contributed by atoms with Crippen molar-refractivity contribution in [3.8, 4) is 45.3 Å². The van der Waals surface area contributed by atoms with Crippen LogP contribution in [-0.2, 0) is 11.2 Å². The standard InChI is InChI=1S/C35H24N4O/c40-32-23-29-21-27(24-11-4-1-5-12-24)19-20-31(29)39(32)30-18-10-17-28(22-30)35-37-33(25-13-6-2-7-14-25)36-34(38-35)26-15-8-3-9-16-26/h1-22H,23H2. The van der Waals surface area contributed by atoms with E-state index in [2.05, 4.69) is 24.3 Å². The molecule has 5 nitrogen and oxygen atoms in total. The minimum atomic E-state index is 0.0444. The summed E-state index contributed by atoms with van der Waals surface area (Å²) >= 11 is 0. The zero-order chi connectivity index (χ0) is 26.9. The molecule has 0 fully saturated rings. The van der Waals surface area contributed by atoms with E-state index in [0.717, 1.165) is 44.8 Å². The highest BCUT2D eigenvalue weighted by atomic mass is 16.2. The first-order valence-electron chi connectivity index (χ1n) is 13.2. The molecular weight excluding hydrogens is 492 g/mol. The molecule has 1 aliphatic heterocycles. The van der Waals surface area contributed by atoms with E-state index < -0.39 is 0 Å². The van der Waals surface area contributed by atoms with Crippen LogP contribution in [0, 0.1) is 0 Å². The highest BCUT2D eigenvalue weighted by Crippen LogP contribution is 2.39. The smallest absolute Gasteiger partial charge is 0.236 e. The van der Waals surface area contributed by atoms with Gasteiger partial charge in [-0.1, -0.05) is 109 Å². The molecular formula is C35H24N4O. The van der Waals surface area contributed by atoms with Crippen LogP contribution in [0.5, 0.6) is 0 Å². The van der Waals surface area contributed by atoms with Crippen LogP contribution in [0.1, 0.15) is 5.56 Å². The molecule has 190 valence electrons. The third kappa shape index (κ3) is 4.44. The first-order valence-corrected chi connectivity index (χ1v) is 13.2. The largest absolute Gasteiger partial charge is 0.280 e. The molecule has 0 saturated carbocycles. The summed E-state index contributed by atoms with van der Waals surface area (Å²) in [6.45, 7) is 0. The Bertz CT molecular complexity index is 1780. The fourth-order valence-corrected chi connectivity index (χ4v) is 5.14. The maximum atomic E-state index is 13.3. The van der Waals surface area contributed by atoms with E-state index in [1.165, 1.54) is 0 Å². The van der Waals surface area contributed by atoms with Gasteiger partial charge < -0.3 is 0 Å². The first-order chi connectivity index (χ1) is 19.7. The second-order valence-corrected chi connectivity index (χ2v) is 9.70. The van der Waals surface area contributed by atoms with Crippen molar-refractivity contribution in [1.29, 1.82) is 0 Å². The van der Waals surface area contributed by atoms with Crippen LogP contribution < -0.4 is 4.90 Å². The molecule has 0 saturated heterocycles. The number of carbonyl (C=O) groups excluding carboxylic acids is 1. The van der Waals surface area contributed by atoms with Gasteiger partial charge in [0.25, 0.3) is 0 Å². The van der Waals surface area contributed by atoms with E-state index in [1.54, 1.807) is 4.90 Å². The summed E-state index contributed by atoms with van der Waals surface area (Å²) in [5.41, 5.74) is 7.61. The van der Waals surface area contributed by atoms with Gasteiger partial charge >= 0.3 is 0 Å². The van der Waals surface area contributed by atoms with Crippen molar-refractivity contribution in [3.63, 3.8) is 0 Å². The molecule has 6 aromatic rings. The first kappa shape index (κ1) is 23.7. The molecule has 1 amide bonds. The highest BCUT2D eigenvalue weighted by Gasteiger charge is 2.29. The van der Waals surface area contributed by atoms with Gasteiger partial charge in [0.05, 0.1) is 12.1 Å². The lowest BCUT2D eigenvalue weighted by Crippen LogP contribution is -2.20. The van der Waals surface area contributed by atoms with Crippen molar-refractivity contribution in [1.82, 2.24) is 15.0 Å². The molecule has 1 aromatic heterocycles. The predicted octanol–water partition coefficient (Wildman–Crippen LogP) is 7.76.